The number of nitrogens with zero attached hydrogens (tertiary/aromatic N) is 2. The molecule has 0 spiro atoms. The molecular weight excluding hydrogens is 331 g/mol. The van der Waals surface area contributed by atoms with Crippen molar-refractivity contribution in [1.82, 2.24) is 10.3 Å². The molecule has 0 saturated carbocycles. The molecule has 3 N–H and O–H groups in total. The van der Waals surface area contributed by atoms with Crippen LogP contribution in [-0.4, -0.2) is 24.6 Å². The molecule has 0 amide bonds. The lowest BCUT2D eigenvalue weighted by molar-refractivity contribution is 0.392. The van der Waals surface area contributed by atoms with Crippen LogP contribution in [0.3, 0.4) is 0 Å². The first-order chi connectivity index (χ1) is 7.77. The summed E-state index contributed by atoms with van der Waals surface area (Å²) >= 11 is 0. The fourth-order valence-electron chi connectivity index (χ4n) is 1.21. The molecule has 0 aliphatic carbocycles. The van der Waals surface area contributed by atoms with Crippen LogP contribution in [0.15, 0.2) is 23.3 Å². The Bertz CT molecular complexity index is 357. The third-order valence-corrected chi connectivity index (χ3v) is 2.02. The first-order valence-corrected chi connectivity index (χ1v) is 5.29. The Labute approximate surface area is 119 Å². The minimum atomic E-state index is 0. The largest absolute Gasteiger partial charge is 0.481 e. The van der Waals surface area contributed by atoms with Crippen LogP contribution in [0.25, 0.3) is 0 Å². The predicted molar refractivity (Wildman–Crippen MR) is 79.8 cm³/mol. The molecule has 5 nitrogen and oxygen atoms in total. The zero-order valence-corrected chi connectivity index (χ0v) is 12.5. The highest BCUT2D eigenvalue weighted by atomic mass is 127. The molecule has 0 aromatic carbocycles. The van der Waals surface area contributed by atoms with Crippen molar-refractivity contribution in [3.63, 3.8) is 0 Å². The summed E-state index contributed by atoms with van der Waals surface area (Å²) in [5.74, 6) is 1.04. The molecule has 1 aromatic heterocycles. The normalized spacial score (nSPS) is 10.6. The molecule has 0 aliphatic heterocycles. The molecule has 0 bridgehead atoms. The molecular formula is C11H19IN4O. The number of ether oxygens (including phenoxy) is 1. The van der Waals surface area contributed by atoms with E-state index in [1.54, 1.807) is 13.3 Å². The first-order valence-electron chi connectivity index (χ1n) is 5.29. The number of nitrogens with one attached hydrogen (secondary N) is 1. The van der Waals surface area contributed by atoms with E-state index >= 15 is 0 Å². The molecule has 0 fully saturated rings. The topological polar surface area (TPSA) is 72.5 Å². The maximum Gasteiger partial charge on any atom is 0.218 e. The van der Waals surface area contributed by atoms with E-state index in [2.05, 4.69) is 22.2 Å². The number of halogens is 1. The SMILES string of the molecule is CCCNC(N)=NCc1cccnc1OC.I. The zero-order chi connectivity index (χ0) is 11.8. The van der Waals surface area contributed by atoms with Crippen molar-refractivity contribution in [2.45, 2.75) is 19.9 Å². The van der Waals surface area contributed by atoms with Gasteiger partial charge in [-0.25, -0.2) is 9.98 Å². The van der Waals surface area contributed by atoms with Gasteiger partial charge in [-0.2, -0.15) is 0 Å². The Morgan fingerprint density at radius 3 is 3.00 bits per heavy atom. The average molecular weight is 350 g/mol. The van der Waals surface area contributed by atoms with Crippen molar-refractivity contribution in [1.29, 1.82) is 0 Å². The molecule has 17 heavy (non-hydrogen) atoms. The highest BCUT2D eigenvalue weighted by Crippen LogP contribution is 2.14. The van der Waals surface area contributed by atoms with E-state index in [1.807, 2.05) is 12.1 Å². The quantitative estimate of drug-likeness (QED) is 0.480. The van der Waals surface area contributed by atoms with E-state index in [1.165, 1.54) is 0 Å². The number of hydrogen-bond acceptors (Lipinski definition) is 3. The lowest BCUT2D eigenvalue weighted by atomic mass is 10.3. The average Bonchev–Trinajstić information content (AvgIpc) is 2.34. The second-order valence-electron chi connectivity index (χ2n) is 3.30. The molecule has 6 heteroatoms. The van der Waals surface area contributed by atoms with Gasteiger partial charge in [0.2, 0.25) is 5.88 Å². The standard InChI is InChI=1S/C11H18N4O.HI/c1-3-6-14-11(12)15-8-9-5-4-7-13-10(9)16-2;/h4-5,7H,3,6,8H2,1-2H3,(H3,12,14,15);1H. The highest BCUT2D eigenvalue weighted by molar-refractivity contribution is 14.0. The van der Waals surface area contributed by atoms with Crippen LogP contribution in [0.1, 0.15) is 18.9 Å². The summed E-state index contributed by atoms with van der Waals surface area (Å²) in [6, 6.07) is 3.77. The van der Waals surface area contributed by atoms with Gasteiger partial charge in [-0.15, -0.1) is 24.0 Å². The molecule has 0 radical (unpaired) electrons. The Kier molecular flexibility index (Phi) is 8.47. The predicted octanol–water partition coefficient (Wildman–Crippen LogP) is 1.52. The fraction of sp³-hybridized carbons (Fsp3) is 0.455. The minimum absolute atomic E-state index is 0. The first kappa shape index (κ1) is 16.0. The smallest absolute Gasteiger partial charge is 0.218 e. The lowest BCUT2D eigenvalue weighted by Gasteiger charge is -2.06. The fourth-order valence-corrected chi connectivity index (χ4v) is 1.21. The van der Waals surface area contributed by atoms with Gasteiger partial charge in [0, 0.05) is 18.3 Å². The van der Waals surface area contributed by atoms with Crippen molar-refractivity contribution >= 4 is 29.9 Å². The summed E-state index contributed by atoms with van der Waals surface area (Å²) in [6.07, 6.45) is 2.71. The molecule has 1 rings (SSSR count). The minimum Gasteiger partial charge on any atom is -0.481 e. The Balaban J connectivity index is 0.00000256. The van der Waals surface area contributed by atoms with E-state index in [4.69, 9.17) is 10.5 Å². The molecule has 1 heterocycles. The van der Waals surface area contributed by atoms with Crippen molar-refractivity contribution < 1.29 is 4.74 Å². The van der Waals surface area contributed by atoms with E-state index < -0.39 is 0 Å². The third-order valence-electron chi connectivity index (χ3n) is 2.02. The number of hydrogen-bond donors (Lipinski definition) is 2. The summed E-state index contributed by atoms with van der Waals surface area (Å²) in [7, 11) is 1.59. The van der Waals surface area contributed by atoms with Crippen LogP contribution in [-0.2, 0) is 6.54 Å². The Morgan fingerprint density at radius 2 is 2.35 bits per heavy atom. The number of aliphatic imine (C=N–C) groups is 1. The molecule has 0 unspecified atom stereocenters. The second kappa shape index (κ2) is 9.03. The van der Waals surface area contributed by atoms with E-state index in [9.17, 15) is 0 Å². The summed E-state index contributed by atoms with van der Waals surface area (Å²) < 4.78 is 5.12. The number of pyridine rings is 1. The van der Waals surface area contributed by atoms with Crippen LogP contribution < -0.4 is 15.8 Å². The van der Waals surface area contributed by atoms with Crippen LogP contribution in [0.5, 0.6) is 5.88 Å². The zero-order valence-electron chi connectivity index (χ0n) is 10.1. The van der Waals surface area contributed by atoms with E-state index in [-0.39, 0.29) is 24.0 Å². The van der Waals surface area contributed by atoms with Gasteiger partial charge in [0.25, 0.3) is 0 Å². The van der Waals surface area contributed by atoms with Crippen molar-refractivity contribution in [2.75, 3.05) is 13.7 Å². The van der Waals surface area contributed by atoms with Gasteiger partial charge in [0.1, 0.15) is 0 Å². The van der Waals surface area contributed by atoms with Crippen LogP contribution >= 0.6 is 24.0 Å². The van der Waals surface area contributed by atoms with Gasteiger partial charge in [-0.3, -0.25) is 0 Å². The Morgan fingerprint density at radius 1 is 1.59 bits per heavy atom. The van der Waals surface area contributed by atoms with Gasteiger partial charge < -0.3 is 15.8 Å². The van der Waals surface area contributed by atoms with Crippen molar-refractivity contribution in [3.8, 4) is 5.88 Å². The highest BCUT2D eigenvalue weighted by Gasteiger charge is 2.01. The number of rotatable bonds is 5. The summed E-state index contributed by atoms with van der Waals surface area (Å²) in [6.45, 7) is 3.38. The maximum atomic E-state index is 5.68. The van der Waals surface area contributed by atoms with Crippen molar-refractivity contribution in [3.05, 3.63) is 23.9 Å². The van der Waals surface area contributed by atoms with Gasteiger partial charge in [0.05, 0.1) is 13.7 Å². The lowest BCUT2D eigenvalue weighted by Crippen LogP contribution is -2.32. The number of methoxy groups -OCH3 is 1. The van der Waals surface area contributed by atoms with Gasteiger partial charge in [-0.05, 0) is 12.5 Å². The van der Waals surface area contributed by atoms with Crippen LogP contribution in [0, 0.1) is 0 Å². The van der Waals surface area contributed by atoms with Gasteiger partial charge in [-0.1, -0.05) is 13.0 Å². The van der Waals surface area contributed by atoms with Gasteiger partial charge in [0.15, 0.2) is 5.96 Å². The molecule has 96 valence electrons. The van der Waals surface area contributed by atoms with E-state index in [0.717, 1.165) is 18.5 Å². The monoisotopic (exact) mass is 350 g/mol. The molecule has 0 atom stereocenters. The Hall–Kier alpha value is -1.05. The van der Waals surface area contributed by atoms with Crippen LogP contribution in [0.4, 0.5) is 0 Å². The van der Waals surface area contributed by atoms with E-state index in [0.29, 0.717) is 18.4 Å². The number of aromatic nitrogens is 1. The summed E-state index contributed by atoms with van der Waals surface area (Å²) in [4.78, 5) is 8.29. The van der Waals surface area contributed by atoms with Gasteiger partial charge >= 0.3 is 0 Å². The second-order valence-corrected chi connectivity index (χ2v) is 3.30. The maximum absolute atomic E-state index is 5.68. The summed E-state index contributed by atoms with van der Waals surface area (Å²) in [5.41, 5.74) is 6.60. The number of guanidine groups is 1. The van der Waals surface area contributed by atoms with Crippen molar-refractivity contribution in [2.24, 2.45) is 10.7 Å². The molecule has 1 aromatic rings. The summed E-state index contributed by atoms with van der Waals surface area (Å²) in [5, 5.41) is 3.01. The van der Waals surface area contributed by atoms with Crippen LogP contribution in [0.2, 0.25) is 0 Å². The molecule has 0 aliphatic rings. The molecule has 0 saturated heterocycles. The third kappa shape index (κ3) is 5.71. The number of nitrogens with two attached hydrogens (primary N) is 1.